The molecule has 0 saturated carbocycles. The summed E-state index contributed by atoms with van der Waals surface area (Å²) in [6, 6.07) is 0. The van der Waals surface area contributed by atoms with Crippen molar-refractivity contribution in [1.29, 1.82) is 0 Å². The van der Waals surface area contributed by atoms with Gasteiger partial charge in [0, 0.05) is 0 Å². The summed E-state index contributed by atoms with van der Waals surface area (Å²) in [5, 5.41) is 0. The molecule has 0 aliphatic heterocycles. The molecule has 64 valence electrons. The van der Waals surface area contributed by atoms with Gasteiger partial charge in [0.1, 0.15) is 0 Å². The van der Waals surface area contributed by atoms with Gasteiger partial charge in [-0.2, -0.15) is 0 Å². The van der Waals surface area contributed by atoms with Crippen LogP contribution in [0.1, 0.15) is 0 Å². The average Bonchev–Trinajstić information content (AvgIpc) is 1.12. The van der Waals surface area contributed by atoms with E-state index in [0.717, 1.165) is 0 Å². The predicted octanol–water partition coefficient (Wildman–Crippen LogP) is -6.00. The second-order valence-corrected chi connectivity index (χ2v) is 5.48. The van der Waals surface area contributed by atoms with E-state index >= 15 is 0 Å². The van der Waals surface area contributed by atoms with Crippen LogP contribution in [0.4, 0.5) is 0 Å². The van der Waals surface area contributed by atoms with Gasteiger partial charge in [-0.15, -0.1) is 0 Å². The van der Waals surface area contributed by atoms with Crippen LogP contribution in [0, 0.1) is 0 Å². The first-order valence-electron chi connectivity index (χ1n) is 1.33. The first-order chi connectivity index (χ1) is 4.00. The Hall–Kier alpha value is 1.49. The van der Waals surface area contributed by atoms with E-state index in [-0.39, 0.29) is 25.8 Å². The molecule has 0 radical (unpaired) electrons. The van der Waals surface area contributed by atoms with Crippen molar-refractivity contribution in [2.24, 2.45) is 0 Å². The van der Waals surface area contributed by atoms with Gasteiger partial charge in [0.25, 0.3) is 0 Å². The maximum atomic E-state index is 8.63. The van der Waals surface area contributed by atoms with Crippen LogP contribution in [0.5, 0.6) is 0 Å². The topological polar surface area (TPSA) is 161 Å². The Balaban J connectivity index is -0.000000107. The molecule has 0 atom stereocenters. The van der Waals surface area contributed by atoms with Gasteiger partial charge < -0.3 is 0 Å². The minimum Gasteiger partial charge on any atom is 4.00 e. The van der Waals surface area contributed by atoms with E-state index in [1.165, 1.54) is 0 Å². The van der Waals surface area contributed by atoms with E-state index in [1.54, 1.807) is 0 Å². The molecule has 0 aromatic carbocycles. The van der Waals surface area contributed by atoms with Gasteiger partial charge in [0.2, 0.25) is 0 Å². The van der Waals surface area contributed by atoms with Crippen LogP contribution in [-0.2, 0) is 38.3 Å². The van der Waals surface area contributed by atoms with Crippen molar-refractivity contribution in [3.05, 3.63) is 0 Å². The van der Waals surface area contributed by atoms with Crippen LogP contribution in [-0.4, -0.2) is 37.9 Å². The van der Waals surface area contributed by atoms with Crippen LogP contribution >= 0.6 is 0 Å². The summed E-state index contributed by atoms with van der Waals surface area (Å²) in [7, 11) is 0. The van der Waals surface area contributed by atoms with E-state index < -0.39 is 37.9 Å². The van der Waals surface area contributed by atoms with Crippen molar-refractivity contribution in [3.63, 3.8) is 0 Å². The van der Waals surface area contributed by atoms with Crippen molar-refractivity contribution in [1.82, 2.24) is 0 Å². The quantitative estimate of drug-likeness (QED) is 0.264. The Morgan fingerprint density at radius 1 is 0.636 bits per heavy atom. The van der Waals surface area contributed by atoms with Gasteiger partial charge in [-0.1, -0.05) is 0 Å². The fourth-order valence-electron chi connectivity index (χ4n) is 0. The maximum Gasteiger partial charge on any atom is 4.00 e. The van der Waals surface area contributed by atoms with Crippen LogP contribution in [0.3, 0.4) is 0 Å². The average molecular weight is 562 g/mol. The second kappa shape index (κ2) is 6.95. The zero-order chi connectivity index (χ0) is 9.00. The Bertz CT molecular complexity index is 208. The molecule has 0 rings (SSSR count). The standard InChI is InChI=1S/Hf.2H2O4Te/c;2*1-5(2,3)4/h;2*(H2,1,2,3,4)/q+4;;/p-4. The summed E-state index contributed by atoms with van der Waals surface area (Å²) >= 11 is -12.0. The van der Waals surface area contributed by atoms with Crippen molar-refractivity contribution >= 4 is 37.9 Å². The van der Waals surface area contributed by atoms with Crippen LogP contribution in [0.2, 0.25) is 0 Å². The third kappa shape index (κ3) is 466. The Morgan fingerprint density at radius 2 is 0.636 bits per heavy atom. The molecule has 0 fully saturated rings. The van der Waals surface area contributed by atoms with Crippen LogP contribution in [0.25, 0.3) is 0 Å². The van der Waals surface area contributed by atoms with Crippen molar-refractivity contribution < 1.29 is 52.1 Å². The van der Waals surface area contributed by atoms with E-state index in [4.69, 9.17) is 26.3 Å². The minimum absolute atomic E-state index is 0. The molecule has 0 heterocycles. The maximum absolute atomic E-state index is 8.63. The minimum atomic E-state index is -6.02. The van der Waals surface area contributed by atoms with E-state index in [0.29, 0.717) is 0 Å². The van der Waals surface area contributed by atoms with Gasteiger partial charge in [-0.3, -0.25) is 0 Å². The van der Waals surface area contributed by atoms with E-state index in [9.17, 15) is 0 Å². The Kier molecular flexibility index (Phi) is 11.6. The summed E-state index contributed by atoms with van der Waals surface area (Å²) in [5.41, 5.74) is 0. The van der Waals surface area contributed by atoms with Crippen molar-refractivity contribution in [2.75, 3.05) is 0 Å². The number of hydrogen-bond donors (Lipinski definition) is 0. The van der Waals surface area contributed by atoms with Gasteiger partial charge in [-0.25, -0.2) is 0 Å². The summed E-state index contributed by atoms with van der Waals surface area (Å²) in [4.78, 5) is 0. The van der Waals surface area contributed by atoms with E-state index in [1.807, 2.05) is 0 Å². The molecule has 0 unspecified atom stereocenters. The summed E-state index contributed by atoms with van der Waals surface area (Å²) < 4.78 is 69.0. The zero-order valence-electron chi connectivity index (χ0n) is 4.58. The molecule has 0 amide bonds. The van der Waals surface area contributed by atoms with Crippen molar-refractivity contribution in [2.45, 2.75) is 0 Å². The molecule has 0 aromatic heterocycles. The molecule has 11 heteroatoms. The SMILES string of the molecule is O=[Te](=O)([O-])[O-].O=[Te](=O)([O-])[O-].[Hf+4]. The second-order valence-electron chi connectivity index (χ2n) is 0.816. The number of rotatable bonds is 0. The molecule has 8 nitrogen and oxygen atoms in total. The molecule has 0 N–H and O–H groups in total. The van der Waals surface area contributed by atoms with Gasteiger partial charge in [-0.05, 0) is 0 Å². The fourth-order valence-corrected chi connectivity index (χ4v) is 0. The molecule has 0 spiro atoms. The predicted molar refractivity (Wildman–Crippen MR) is 14.3 cm³/mol. The zero-order valence-corrected chi connectivity index (χ0v) is 12.8. The monoisotopic (exact) mass is 568 g/mol. The summed E-state index contributed by atoms with van der Waals surface area (Å²) in [6.07, 6.45) is 0. The number of hydrogen-bond acceptors (Lipinski definition) is 8. The molecule has 0 aromatic rings. The Morgan fingerprint density at radius 3 is 0.636 bits per heavy atom. The largest absolute Gasteiger partial charge is 4.00 e. The first-order valence-corrected chi connectivity index (χ1v) is 8.94. The van der Waals surface area contributed by atoms with Gasteiger partial charge in [0.15, 0.2) is 0 Å². The molecule has 0 bridgehead atoms. The molecule has 0 saturated heterocycles. The van der Waals surface area contributed by atoms with E-state index in [2.05, 4.69) is 0 Å². The first kappa shape index (κ1) is 18.3. The molecule has 0 aliphatic rings. The Labute approximate surface area is 88.9 Å². The fraction of sp³-hybridized carbons (Fsp3) is 0. The van der Waals surface area contributed by atoms with Crippen molar-refractivity contribution in [3.8, 4) is 0 Å². The van der Waals surface area contributed by atoms with Gasteiger partial charge >= 0.3 is 90.1 Å². The van der Waals surface area contributed by atoms with Gasteiger partial charge in [0.05, 0.1) is 0 Å². The smallest absolute Gasteiger partial charge is 4.00 e. The molecule has 11 heavy (non-hydrogen) atoms. The third-order valence-electron chi connectivity index (χ3n) is 0. The normalized spacial score (nSPS) is 10.5. The summed E-state index contributed by atoms with van der Waals surface area (Å²) in [5.74, 6) is 0. The van der Waals surface area contributed by atoms with Crippen LogP contribution < -0.4 is 13.9 Å². The molecule has 0 aliphatic carbocycles. The molecular formula is HfO8Te2. The third-order valence-corrected chi connectivity index (χ3v) is 0. The molecular weight excluding hydrogens is 562 g/mol. The van der Waals surface area contributed by atoms with Crippen LogP contribution in [0.15, 0.2) is 0 Å². The summed E-state index contributed by atoms with van der Waals surface area (Å²) in [6.45, 7) is 0.